The number of hydrogen-bond acceptors (Lipinski definition) is 5. The lowest BCUT2D eigenvalue weighted by atomic mass is 9.96. The summed E-state index contributed by atoms with van der Waals surface area (Å²) in [5, 5.41) is 3.08. The Morgan fingerprint density at radius 1 is 1.18 bits per heavy atom. The van der Waals surface area contributed by atoms with E-state index in [4.69, 9.17) is 9.97 Å². The van der Waals surface area contributed by atoms with Crippen molar-refractivity contribution in [2.45, 2.75) is 52.5 Å². The Balaban J connectivity index is 1.89. The van der Waals surface area contributed by atoms with E-state index in [2.05, 4.69) is 36.0 Å². The summed E-state index contributed by atoms with van der Waals surface area (Å²) in [4.78, 5) is 16.7. The summed E-state index contributed by atoms with van der Waals surface area (Å²) in [7, 11) is 0. The van der Waals surface area contributed by atoms with Gasteiger partial charge in [0.2, 0.25) is 0 Å². The van der Waals surface area contributed by atoms with Crippen LogP contribution in [0.2, 0.25) is 0 Å². The van der Waals surface area contributed by atoms with Crippen LogP contribution < -0.4 is 0 Å². The number of hydrogen-bond donors (Lipinski definition) is 0. The molecule has 4 nitrogen and oxygen atoms in total. The fraction of sp³-hybridized carbons (Fsp3) is 0.588. The molecule has 0 aliphatic carbocycles. The van der Waals surface area contributed by atoms with E-state index in [1.54, 1.807) is 11.3 Å². The quantitative estimate of drug-likeness (QED) is 0.863. The largest absolute Gasteiger partial charge is 0.300 e. The molecule has 3 heterocycles. The highest BCUT2D eigenvalue weighted by Gasteiger charge is 2.25. The van der Waals surface area contributed by atoms with Crippen LogP contribution in [0.25, 0.3) is 10.7 Å². The van der Waals surface area contributed by atoms with E-state index in [-0.39, 0.29) is 0 Å². The van der Waals surface area contributed by atoms with Gasteiger partial charge in [0.05, 0.1) is 0 Å². The zero-order chi connectivity index (χ0) is 15.7. The van der Waals surface area contributed by atoms with Crippen molar-refractivity contribution in [1.29, 1.82) is 0 Å². The lowest BCUT2D eigenvalue weighted by Gasteiger charge is -2.34. The Morgan fingerprint density at radius 3 is 2.68 bits per heavy atom. The lowest BCUT2D eigenvalue weighted by molar-refractivity contribution is 0.165. The molecule has 0 spiro atoms. The number of rotatable bonds is 3. The van der Waals surface area contributed by atoms with Crippen molar-refractivity contribution < 1.29 is 0 Å². The molecule has 0 amide bonds. The Labute approximate surface area is 136 Å². The molecule has 2 aromatic rings. The fourth-order valence-corrected chi connectivity index (χ4v) is 3.80. The number of nitrogens with zero attached hydrogens (tertiary/aromatic N) is 4. The lowest BCUT2D eigenvalue weighted by Crippen LogP contribution is -2.39. The van der Waals surface area contributed by atoms with Crippen LogP contribution in [0.15, 0.2) is 11.4 Å². The van der Waals surface area contributed by atoms with Crippen LogP contribution in [0.3, 0.4) is 0 Å². The van der Waals surface area contributed by atoms with Gasteiger partial charge in [0, 0.05) is 35.3 Å². The number of likely N-dealkylation sites (tertiary alicyclic amines) is 1. The van der Waals surface area contributed by atoms with Crippen molar-refractivity contribution in [2.24, 2.45) is 0 Å². The standard InChI is InChI=1S/C17H24N4S/c1-11(2)21-7-5-6-14(9-21)16-18-12(3)8-15(20-16)17-19-13(4)10-22-17/h8,10-11,14H,5-7,9H2,1-4H3/t14-/m1/s1. The van der Waals surface area contributed by atoms with E-state index in [0.717, 1.165) is 34.5 Å². The van der Waals surface area contributed by atoms with Crippen LogP contribution in [0.4, 0.5) is 0 Å². The topological polar surface area (TPSA) is 41.9 Å². The summed E-state index contributed by atoms with van der Waals surface area (Å²) in [5.41, 5.74) is 3.07. The molecular weight excluding hydrogens is 292 g/mol. The SMILES string of the molecule is Cc1cc(-c2nc(C)cs2)nc([C@@H]2CCCN(C(C)C)C2)n1. The normalized spacial score (nSPS) is 19.8. The highest BCUT2D eigenvalue weighted by Crippen LogP contribution is 2.28. The second-order valence-corrected chi connectivity index (χ2v) is 7.33. The van der Waals surface area contributed by atoms with Crippen LogP contribution in [0.5, 0.6) is 0 Å². The second kappa shape index (κ2) is 6.42. The minimum absolute atomic E-state index is 0.441. The minimum atomic E-state index is 0.441. The molecule has 1 aliphatic rings. The van der Waals surface area contributed by atoms with Crippen LogP contribution in [0, 0.1) is 13.8 Å². The molecule has 0 N–H and O–H groups in total. The molecule has 22 heavy (non-hydrogen) atoms. The van der Waals surface area contributed by atoms with Gasteiger partial charge in [-0.05, 0) is 53.1 Å². The molecular formula is C17H24N4S. The van der Waals surface area contributed by atoms with Crippen LogP contribution in [-0.4, -0.2) is 39.0 Å². The molecule has 1 saturated heterocycles. The van der Waals surface area contributed by atoms with E-state index in [9.17, 15) is 0 Å². The smallest absolute Gasteiger partial charge is 0.142 e. The molecule has 0 bridgehead atoms. The van der Waals surface area contributed by atoms with Gasteiger partial charge in [0.15, 0.2) is 0 Å². The van der Waals surface area contributed by atoms with Crippen LogP contribution in [0.1, 0.15) is 49.8 Å². The average molecular weight is 316 g/mol. The Morgan fingerprint density at radius 2 is 2.00 bits per heavy atom. The van der Waals surface area contributed by atoms with Crippen molar-refractivity contribution in [1.82, 2.24) is 19.9 Å². The minimum Gasteiger partial charge on any atom is -0.300 e. The van der Waals surface area contributed by atoms with E-state index in [1.807, 2.05) is 13.0 Å². The van der Waals surface area contributed by atoms with E-state index in [0.29, 0.717) is 12.0 Å². The second-order valence-electron chi connectivity index (χ2n) is 6.47. The molecule has 2 aromatic heterocycles. The van der Waals surface area contributed by atoms with Crippen molar-refractivity contribution in [3.05, 3.63) is 28.7 Å². The molecule has 0 unspecified atom stereocenters. The summed E-state index contributed by atoms with van der Waals surface area (Å²) >= 11 is 1.66. The van der Waals surface area contributed by atoms with Gasteiger partial charge >= 0.3 is 0 Å². The first-order chi connectivity index (χ1) is 10.5. The molecule has 1 fully saturated rings. The Hall–Kier alpha value is -1.33. The number of aryl methyl sites for hydroxylation is 2. The van der Waals surface area contributed by atoms with Crippen molar-refractivity contribution in [2.75, 3.05) is 13.1 Å². The Kier molecular flexibility index (Phi) is 4.54. The Bertz CT molecular complexity index is 650. The predicted molar refractivity (Wildman–Crippen MR) is 91.3 cm³/mol. The molecule has 1 atom stereocenters. The highest BCUT2D eigenvalue weighted by atomic mass is 32.1. The zero-order valence-electron chi connectivity index (χ0n) is 13.8. The van der Waals surface area contributed by atoms with Crippen molar-refractivity contribution in [3.8, 4) is 10.7 Å². The third kappa shape index (κ3) is 3.36. The fourth-order valence-electron chi connectivity index (χ4n) is 3.04. The van der Waals surface area contributed by atoms with Gasteiger partial charge < -0.3 is 4.90 Å². The first-order valence-electron chi connectivity index (χ1n) is 8.05. The molecule has 3 rings (SSSR count). The van der Waals surface area contributed by atoms with Crippen molar-refractivity contribution in [3.63, 3.8) is 0 Å². The zero-order valence-corrected chi connectivity index (χ0v) is 14.7. The summed E-state index contributed by atoms with van der Waals surface area (Å²) in [5.74, 6) is 1.43. The monoisotopic (exact) mass is 316 g/mol. The average Bonchev–Trinajstić information content (AvgIpc) is 2.93. The first-order valence-corrected chi connectivity index (χ1v) is 8.93. The van der Waals surface area contributed by atoms with E-state index < -0.39 is 0 Å². The molecule has 0 aromatic carbocycles. The maximum absolute atomic E-state index is 4.84. The highest BCUT2D eigenvalue weighted by molar-refractivity contribution is 7.13. The molecule has 0 saturated carbocycles. The van der Waals surface area contributed by atoms with Crippen LogP contribution >= 0.6 is 11.3 Å². The van der Waals surface area contributed by atoms with Gasteiger partial charge in [0.25, 0.3) is 0 Å². The van der Waals surface area contributed by atoms with Gasteiger partial charge in [-0.25, -0.2) is 15.0 Å². The summed E-state index contributed by atoms with van der Waals surface area (Å²) in [6, 6.07) is 2.64. The van der Waals surface area contributed by atoms with Gasteiger partial charge in [-0.1, -0.05) is 0 Å². The third-order valence-electron chi connectivity index (χ3n) is 4.26. The van der Waals surface area contributed by atoms with Gasteiger partial charge in [-0.3, -0.25) is 0 Å². The van der Waals surface area contributed by atoms with Crippen LogP contribution in [-0.2, 0) is 0 Å². The maximum Gasteiger partial charge on any atom is 0.142 e. The maximum atomic E-state index is 4.84. The number of piperidine rings is 1. The number of aromatic nitrogens is 3. The van der Waals surface area contributed by atoms with E-state index in [1.165, 1.54) is 19.4 Å². The van der Waals surface area contributed by atoms with Gasteiger partial charge in [0.1, 0.15) is 16.5 Å². The van der Waals surface area contributed by atoms with Gasteiger partial charge in [-0.2, -0.15) is 0 Å². The predicted octanol–water partition coefficient (Wildman–Crippen LogP) is 3.80. The van der Waals surface area contributed by atoms with Crippen molar-refractivity contribution >= 4 is 11.3 Å². The summed E-state index contributed by atoms with van der Waals surface area (Å²) in [6.45, 7) is 10.9. The molecule has 0 radical (unpaired) electrons. The van der Waals surface area contributed by atoms with E-state index >= 15 is 0 Å². The third-order valence-corrected chi connectivity index (χ3v) is 5.24. The number of thiazole rings is 1. The van der Waals surface area contributed by atoms with Gasteiger partial charge in [-0.15, -0.1) is 11.3 Å². The molecule has 5 heteroatoms. The molecule has 118 valence electrons. The summed E-state index contributed by atoms with van der Waals surface area (Å²) in [6.07, 6.45) is 2.41. The summed E-state index contributed by atoms with van der Waals surface area (Å²) < 4.78 is 0. The first kappa shape index (κ1) is 15.6. The molecule has 1 aliphatic heterocycles.